The molecule has 2 aromatic carbocycles. The number of hydrogen-bond donors (Lipinski definition) is 2. The molecule has 0 fully saturated rings. The van der Waals surface area contributed by atoms with Crippen LogP contribution >= 0.6 is 0 Å². The summed E-state index contributed by atoms with van der Waals surface area (Å²) in [5.41, 5.74) is 12.7. The summed E-state index contributed by atoms with van der Waals surface area (Å²) in [7, 11) is 0. The van der Waals surface area contributed by atoms with Gasteiger partial charge in [0.15, 0.2) is 5.96 Å². The predicted octanol–water partition coefficient (Wildman–Crippen LogP) is 3.52. The zero-order valence-electron chi connectivity index (χ0n) is 14.5. The molecule has 126 valence electrons. The van der Waals surface area contributed by atoms with Crippen molar-refractivity contribution in [2.75, 3.05) is 0 Å². The van der Waals surface area contributed by atoms with Crippen LogP contribution in [0.4, 0.5) is 5.69 Å². The molecule has 0 radical (unpaired) electrons. The fraction of sp³-hybridized carbons (Fsp3) is 0.150. The molecule has 25 heavy (non-hydrogen) atoms. The number of para-hydroxylation sites is 1. The van der Waals surface area contributed by atoms with E-state index >= 15 is 0 Å². The summed E-state index contributed by atoms with van der Waals surface area (Å²) < 4.78 is 0. The van der Waals surface area contributed by atoms with Gasteiger partial charge in [0.2, 0.25) is 6.41 Å². The molecule has 0 saturated heterocycles. The van der Waals surface area contributed by atoms with Gasteiger partial charge in [0, 0.05) is 10.9 Å². The molecule has 0 unspecified atom stereocenters. The molecule has 5 heteroatoms. The second-order valence-electron chi connectivity index (χ2n) is 6.08. The van der Waals surface area contributed by atoms with Gasteiger partial charge in [-0.3, -0.25) is 10.1 Å². The summed E-state index contributed by atoms with van der Waals surface area (Å²) in [5, 5.41) is 3.25. The quantitative estimate of drug-likeness (QED) is 0.437. The van der Waals surface area contributed by atoms with E-state index in [1.54, 1.807) is 0 Å². The van der Waals surface area contributed by atoms with Crippen LogP contribution in [0.1, 0.15) is 16.7 Å². The van der Waals surface area contributed by atoms with Gasteiger partial charge in [-0.2, -0.15) is 0 Å². The maximum atomic E-state index is 10.6. The normalized spacial score (nSPS) is 11.6. The Bertz CT molecular complexity index is 969. The number of guanidine groups is 1. The SMILES string of the molecule is Cc1cc(C)c(-c2cc(N=C(N)NC=O)c3ccccc3n2)c(C)c1. The molecule has 1 heterocycles. The number of nitrogens with two attached hydrogens (primary N) is 1. The first kappa shape index (κ1) is 16.6. The minimum Gasteiger partial charge on any atom is -0.369 e. The summed E-state index contributed by atoms with van der Waals surface area (Å²) in [6.45, 7) is 6.24. The number of hydrogen-bond acceptors (Lipinski definition) is 3. The van der Waals surface area contributed by atoms with Gasteiger partial charge >= 0.3 is 0 Å². The van der Waals surface area contributed by atoms with Crippen molar-refractivity contribution >= 4 is 29.0 Å². The van der Waals surface area contributed by atoms with E-state index in [-0.39, 0.29) is 5.96 Å². The number of benzene rings is 2. The van der Waals surface area contributed by atoms with Crippen LogP contribution in [0.2, 0.25) is 0 Å². The molecule has 3 rings (SSSR count). The van der Waals surface area contributed by atoms with Gasteiger partial charge in [-0.05, 0) is 44.0 Å². The maximum Gasteiger partial charge on any atom is 0.213 e. The number of nitrogens with one attached hydrogen (secondary N) is 1. The number of aryl methyl sites for hydroxylation is 3. The van der Waals surface area contributed by atoms with Crippen molar-refractivity contribution < 1.29 is 4.79 Å². The Morgan fingerprint density at radius 3 is 2.48 bits per heavy atom. The van der Waals surface area contributed by atoms with E-state index in [1.165, 1.54) is 5.56 Å². The highest BCUT2D eigenvalue weighted by Gasteiger charge is 2.12. The van der Waals surface area contributed by atoms with E-state index < -0.39 is 0 Å². The number of carbonyl (C=O) groups excluding carboxylic acids is 1. The molecule has 1 aromatic heterocycles. The molecule has 0 bridgehead atoms. The Morgan fingerprint density at radius 2 is 1.80 bits per heavy atom. The lowest BCUT2D eigenvalue weighted by Gasteiger charge is -2.13. The number of aliphatic imine (C=N–C) groups is 1. The molecule has 0 spiro atoms. The minimum atomic E-state index is 0.0506. The molecular weight excluding hydrogens is 312 g/mol. The third-order valence-corrected chi connectivity index (χ3v) is 4.08. The number of fused-ring (bicyclic) bond motifs is 1. The van der Waals surface area contributed by atoms with Crippen LogP contribution in [0, 0.1) is 20.8 Å². The van der Waals surface area contributed by atoms with Gasteiger partial charge < -0.3 is 5.73 Å². The average Bonchev–Trinajstić information content (AvgIpc) is 2.54. The van der Waals surface area contributed by atoms with Gasteiger partial charge in [0.1, 0.15) is 0 Å². The Kier molecular flexibility index (Phi) is 4.48. The van der Waals surface area contributed by atoms with E-state index in [2.05, 4.69) is 43.2 Å². The second kappa shape index (κ2) is 6.73. The largest absolute Gasteiger partial charge is 0.369 e. The van der Waals surface area contributed by atoms with Crippen LogP contribution in [-0.4, -0.2) is 17.4 Å². The first-order chi connectivity index (χ1) is 12.0. The van der Waals surface area contributed by atoms with E-state index in [0.717, 1.165) is 33.3 Å². The van der Waals surface area contributed by atoms with Gasteiger partial charge in [0.25, 0.3) is 0 Å². The van der Waals surface area contributed by atoms with Crippen LogP contribution in [0.3, 0.4) is 0 Å². The smallest absolute Gasteiger partial charge is 0.213 e. The number of nitrogens with zero attached hydrogens (tertiary/aromatic N) is 2. The number of pyridine rings is 1. The number of amides is 1. The van der Waals surface area contributed by atoms with E-state index in [9.17, 15) is 4.79 Å². The summed E-state index contributed by atoms with van der Waals surface area (Å²) in [5.74, 6) is 0.0506. The Hall–Kier alpha value is -3.21. The zero-order valence-corrected chi connectivity index (χ0v) is 14.5. The molecule has 3 aromatic rings. The fourth-order valence-corrected chi connectivity index (χ4v) is 3.18. The van der Waals surface area contributed by atoms with Crippen molar-refractivity contribution in [3.8, 4) is 11.3 Å². The highest BCUT2D eigenvalue weighted by atomic mass is 16.1. The summed E-state index contributed by atoms with van der Waals surface area (Å²) in [6.07, 6.45) is 0.511. The predicted molar refractivity (Wildman–Crippen MR) is 102 cm³/mol. The lowest BCUT2D eigenvalue weighted by atomic mass is 9.96. The molecular formula is C20H20N4O. The number of aromatic nitrogens is 1. The summed E-state index contributed by atoms with van der Waals surface area (Å²) in [6, 6.07) is 13.9. The highest BCUT2D eigenvalue weighted by Crippen LogP contribution is 2.33. The van der Waals surface area contributed by atoms with Crippen LogP contribution < -0.4 is 11.1 Å². The topological polar surface area (TPSA) is 80.4 Å². The Morgan fingerprint density at radius 1 is 1.12 bits per heavy atom. The summed E-state index contributed by atoms with van der Waals surface area (Å²) in [4.78, 5) is 19.8. The van der Waals surface area contributed by atoms with E-state index in [4.69, 9.17) is 10.7 Å². The van der Waals surface area contributed by atoms with Crippen LogP contribution in [0.25, 0.3) is 22.2 Å². The zero-order chi connectivity index (χ0) is 18.0. The number of carbonyl (C=O) groups is 1. The molecule has 0 atom stereocenters. The van der Waals surface area contributed by atoms with E-state index in [1.807, 2.05) is 30.3 Å². The van der Waals surface area contributed by atoms with Gasteiger partial charge in [-0.25, -0.2) is 9.98 Å². The third kappa shape index (κ3) is 3.35. The van der Waals surface area contributed by atoms with Crippen LogP contribution in [-0.2, 0) is 4.79 Å². The monoisotopic (exact) mass is 332 g/mol. The van der Waals surface area contributed by atoms with Gasteiger partial charge in [-0.1, -0.05) is 35.9 Å². The molecule has 5 nitrogen and oxygen atoms in total. The maximum absolute atomic E-state index is 10.6. The van der Waals surface area contributed by atoms with Crippen molar-refractivity contribution in [2.45, 2.75) is 20.8 Å². The Balaban J connectivity index is 2.28. The van der Waals surface area contributed by atoms with Crippen molar-refractivity contribution in [1.29, 1.82) is 0 Å². The fourth-order valence-electron chi connectivity index (χ4n) is 3.18. The van der Waals surface area contributed by atoms with Crippen molar-refractivity contribution in [3.63, 3.8) is 0 Å². The molecule has 0 saturated carbocycles. The Labute approximate surface area is 146 Å². The molecule has 3 N–H and O–H groups in total. The lowest BCUT2D eigenvalue weighted by molar-refractivity contribution is -0.108. The van der Waals surface area contributed by atoms with Crippen molar-refractivity contribution in [1.82, 2.24) is 10.3 Å². The van der Waals surface area contributed by atoms with E-state index in [0.29, 0.717) is 12.1 Å². The first-order valence-electron chi connectivity index (χ1n) is 8.02. The molecule has 0 aliphatic rings. The van der Waals surface area contributed by atoms with Crippen molar-refractivity contribution in [2.24, 2.45) is 10.7 Å². The van der Waals surface area contributed by atoms with Gasteiger partial charge in [0.05, 0.1) is 16.9 Å². The van der Waals surface area contributed by atoms with Gasteiger partial charge in [-0.15, -0.1) is 0 Å². The molecule has 1 amide bonds. The third-order valence-electron chi connectivity index (χ3n) is 4.08. The first-order valence-corrected chi connectivity index (χ1v) is 8.02. The molecule has 0 aliphatic carbocycles. The minimum absolute atomic E-state index is 0.0506. The highest BCUT2D eigenvalue weighted by molar-refractivity contribution is 5.97. The molecule has 0 aliphatic heterocycles. The average molecular weight is 332 g/mol. The van der Waals surface area contributed by atoms with Crippen LogP contribution in [0.15, 0.2) is 47.5 Å². The summed E-state index contributed by atoms with van der Waals surface area (Å²) >= 11 is 0. The standard InChI is InChI=1S/C20H20N4O/c1-12-8-13(2)19(14(3)9-12)18-10-17(24-20(21)22-11-25)15-6-4-5-7-16(15)23-18/h4-11H,1-3H3,(H3,21,22,23,24,25). The number of rotatable bonds is 3. The van der Waals surface area contributed by atoms with Crippen molar-refractivity contribution in [3.05, 3.63) is 59.2 Å². The van der Waals surface area contributed by atoms with Crippen LogP contribution in [0.5, 0.6) is 0 Å². The lowest BCUT2D eigenvalue weighted by Crippen LogP contribution is -2.29. The second-order valence-corrected chi connectivity index (χ2v) is 6.08.